The molecule has 0 amide bonds. The summed E-state index contributed by atoms with van der Waals surface area (Å²) in [5, 5.41) is 4.96. The van der Waals surface area contributed by atoms with Crippen LogP contribution in [-0.2, 0) is 4.74 Å². The van der Waals surface area contributed by atoms with Crippen molar-refractivity contribution in [1.82, 2.24) is 15.0 Å². The second-order valence-corrected chi connectivity index (χ2v) is 6.51. The van der Waals surface area contributed by atoms with Crippen molar-refractivity contribution in [3.63, 3.8) is 0 Å². The molecule has 7 heteroatoms. The van der Waals surface area contributed by atoms with Gasteiger partial charge in [0.2, 0.25) is 0 Å². The minimum Gasteiger partial charge on any atom is -0.383 e. The maximum absolute atomic E-state index is 5.82. The van der Waals surface area contributed by atoms with Crippen molar-refractivity contribution in [2.45, 2.75) is 0 Å². The molecule has 0 aliphatic carbocycles. The Kier molecular flexibility index (Phi) is 3.79. The van der Waals surface area contributed by atoms with E-state index in [0.717, 1.165) is 38.2 Å². The number of thiazole rings is 1. The lowest BCUT2D eigenvalue weighted by Crippen LogP contribution is -2.08. The van der Waals surface area contributed by atoms with Gasteiger partial charge in [0.25, 0.3) is 0 Å². The second kappa shape index (κ2) is 6.10. The van der Waals surface area contributed by atoms with Crippen LogP contribution in [0.15, 0.2) is 36.5 Å². The fraction of sp³-hybridized carbons (Fsp3) is 0.176. The first-order chi connectivity index (χ1) is 11.7. The lowest BCUT2D eigenvalue weighted by Gasteiger charge is -2.09. The minimum absolute atomic E-state index is 0.589. The molecule has 4 aromatic rings. The topological polar surface area (TPSA) is 88.9 Å². The number of benzene rings is 1. The molecular weight excluding hydrogens is 322 g/mol. The molecule has 0 atom stereocenters. The van der Waals surface area contributed by atoms with Crippen LogP contribution in [0, 0.1) is 0 Å². The Bertz CT molecular complexity index is 1010. The van der Waals surface area contributed by atoms with Crippen molar-refractivity contribution in [2.24, 2.45) is 0 Å². The van der Waals surface area contributed by atoms with Crippen molar-refractivity contribution < 1.29 is 4.74 Å². The third-order valence-corrected chi connectivity index (χ3v) is 4.72. The van der Waals surface area contributed by atoms with Crippen molar-refractivity contribution >= 4 is 43.5 Å². The van der Waals surface area contributed by atoms with E-state index in [9.17, 15) is 0 Å². The van der Waals surface area contributed by atoms with Crippen LogP contribution < -0.4 is 11.1 Å². The van der Waals surface area contributed by atoms with Gasteiger partial charge in [-0.2, -0.15) is 0 Å². The van der Waals surface area contributed by atoms with Gasteiger partial charge in [-0.15, -0.1) is 0 Å². The molecule has 0 bridgehead atoms. The highest BCUT2D eigenvalue weighted by Crippen LogP contribution is 2.33. The van der Waals surface area contributed by atoms with Crippen molar-refractivity contribution in [2.75, 3.05) is 31.3 Å². The first kappa shape index (κ1) is 14.9. The van der Waals surface area contributed by atoms with E-state index in [0.29, 0.717) is 18.3 Å². The number of nitrogen functional groups attached to an aromatic ring is 1. The Hall–Kier alpha value is -2.64. The van der Waals surface area contributed by atoms with E-state index in [2.05, 4.69) is 44.5 Å². The van der Waals surface area contributed by atoms with Gasteiger partial charge >= 0.3 is 0 Å². The number of methoxy groups -OCH3 is 1. The third kappa shape index (κ3) is 2.68. The van der Waals surface area contributed by atoms with E-state index < -0.39 is 0 Å². The number of fused-ring (bicyclic) bond motifs is 2. The number of ether oxygens (including phenoxy) is 1. The number of aromatic nitrogens is 3. The molecule has 24 heavy (non-hydrogen) atoms. The molecule has 0 aliphatic heterocycles. The number of nitrogens with two attached hydrogens (primary N) is 1. The molecule has 4 rings (SSSR count). The Balaban J connectivity index is 1.81. The summed E-state index contributed by atoms with van der Waals surface area (Å²) in [4.78, 5) is 12.2. The molecule has 0 saturated carbocycles. The number of H-pyrrole nitrogens is 1. The normalized spacial score (nSPS) is 11.4. The largest absolute Gasteiger partial charge is 0.383 e. The van der Waals surface area contributed by atoms with E-state index in [-0.39, 0.29) is 0 Å². The SMILES string of the molecule is COCCNc1cc(-c2ccc3sc(N)nc3c2)c2cc[nH]c2n1. The van der Waals surface area contributed by atoms with Gasteiger partial charge in [-0.1, -0.05) is 17.4 Å². The van der Waals surface area contributed by atoms with Crippen LogP contribution in [-0.4, -0.2) is 35.2 Å². The summed E-state index contributed by atoms with van der Waals surface area (Å²) >= 11 is 1.50. The molecule has 3 aromatic heterocycles. The number of rotatable bonds is 5. The van der Waals surface area contributed by atoms with Gasteiger partial charge in [0, 0.05) is 25.2 Å². The lowest BCUT2D eigenvalue weighted by molar-refractivity contribution is 0.210. The van der Waals surface area contributed by atoms with Gasteiger partial charge in [0.15, 0.2) is 5.13 Å². The van der Waals surface area contributed by atoms with Gasteiger partial charge in [-0.05, 0) is 35.4 Å². The van der Waals surface area contributed by atoms with Crippen molar-refractivity contribution in [3.05, 3.63) is 36.5 Å². The summed E-state index contributed by atoms with van der Waals surface area (Å²) in [5.74, 6) is 0.815. The van der Waals surface area contributed by atoms with Crippen LogP contribution >= 0.6 is 11.3 Å². The molecule has 0 unspecified atom stereocenters. The summed E-state index contributed by atoms with van der Waals surface area (Å²) in [6, 6.07) is 10.3. The Morgan fingerprint density at radius 2 is 2.17 bits per heavy atom. The molecule has 122 valence electrons. The molecule has 0 saturated heterocycles. The summed E-state index contributed by atoms with van der Waals surface area (Å²) in [6.45, 7) is 1.33. The predicted octanol–water partition coefficient (Wildman–Crippen LogP) is 3.48. The van der Waals surface area contributed by atoms with E-state index in [1.54, 1.807) is 7.11 Å². The third-order valence-electron chi connectivity index (χ3n) is 3.86. The quantitative estimate of drug-likeness (QED) is 0.484. The predicted molar refractivity (Wildman–Crippen MR) is 99.5 cm³/mol. The van der Waals surface area contributed by atoms with E-state index in [1.807, 2.05) is 12.3 Å². The first-order valence-corrected chi connectivity index (χ1v) is 8.43. The molecule has 6 nitrogen and oxygen atoms in total. The van der Waals surface area contributed by atoms with Gasteiger partial charge in [-0.3, -0.25) is 0 Å². The standard InChI is InChI=1S/C17H17N5OS/c1-23-7-6-19-15-9-12(11-4-5-20-16(11)22-15)10-2-3-14-13(8-10)21-17(18)24-14/h2-5,8-9H,6-7H2,1H3,(H2,18,21)(H2,19,20,22). The summed E-state index contributed by atoms with van der Waals surface area (Å²) in [5.41, 5.74) is 9.79. The van der Waals surface area contributed by atoms with Gasteiger partial charge in [0.1, 0.15) is 11.5 Å². The minimum atomic E-state index is 0.589. The van der Waals surface area contributed by atoms with Crippen molar-refractivity contribution in [1.29, 1.82) is 0 Å². The zero-order chi connectivity index (χ0) is 16.5. The number of hydrogen-bond acceptors (Lipinski definition) is 6. The monoisotopic (exact) mass is 339 g/mol. The van der Waals surface area contributed by atoms with Gasteiger partial charge in [0.05, 0.1) is 16.8 Å². The van der Waals surface area contributed by atoms with Crippen LogP contribution in [0.1, 0.15) is 0 Å². The number of anilines is 2. The Morgan fingerprint density at radius 3 is 3.04 bits per heavy atom. The molecular formula is C17H17N5OS. The molecule has 0 aliphatic rings. The number of hydrogen-bond donors (Lipinski definition) is 3. The van der Waals surface area contributed by atoms with Gasteiger partial charge < -0.3 is 20.8 Å². The highest BCUT2D eigenvalue weighted by atomic mass is 32.1. The summed E-state index contributed by atoms with van der Waals surface area (Å²) in [6.07, 6.45) is 1.90. The molecule has 4 N–H and O–H groups in total. The van der Waals surface area contributed by atoms with E-state index >= 15 is 0 Å². The van der Waals surface area contributed by atoms with Crippen molar-refractivity contribution in [3.8, 4) is 11.1 Å². The van der Waals surface area contributed by atoms with E-state index in [1.165, 1.54) is 11.3 Å². The van der Waals surface area contributed by atoms with Gasteiger partial charge in [-0.25, -0.2) is 9.97 Å². The molecule has 0 spiro atoms. The number of aromatic amines is 1. The zero-order valence-corrected chi connectivity index (χ0v) is 14.0. The maximum atomic E-state index is 5.82. The Morgan fingerprint density at radius 1 is 1.25 bits per heavy atom. The fourth-order valence-electron chi connectivity index (χ4n) is 2.76. The molecule has 0 fully saturated rings. The van der Waals surface area contributed by atoms with Crippen LogP contribution in [0.4, 0.5) is 10.9 Å². The van der Waals surface area contributed by atoms with Crippen LogP contribution in [0.2, 0.25) is 0 Å². The number of pyridine rings is 1. The number of nitrogens with one attached hydrogen (secondary N) is 2. The summed E-state index contributed by atoms with van der Waals surface area (Å²) in [7, 11) is 1.68. The highest BCUT2D eigenvalue weighted by Gasteiger charge is 2.11. The first-order valence-electron chi connectivity index (χ1n) is 7.62. The second-order valence-electron chi connectivity index (χ2n) is 5.45. The number of nitrogens with zero attached hydrogens (tertiary/aromatic N) is 2. The maximum Gasteiger partial charge on any atom is 0.181 e. The van der Waals surface area contributed by atoms with Crippen LogP contribution in [0.3, 0.4) is 0 Å². The zero-order valence-electron chi connectivity index (χ0n) is 13.2. The molecule has 3 heterocycles. The fourth-order valence-corrected chi connectivity index (χ4v) is 3.48. The molecule has 0 radical (unpaired) electrons. The van der Waals surface area contributed by atoms with E-state index in [4.69, 9.17) is 10.5 Å². The molecule has 1 aromatic carbocycles. The highest BCUT2D eigenvalue weighted by molar-refractivity contribution is 7.22. The average Bonchev–Trinajstić information content (AvgIpc) is 3.18. The average molecular weight is 339 g/mol. The van der Waals surface area contributed by atoms with Crippen LogP contribution in [0.25, 0.3) is 32.4 Å². The lowest BCUT2D eigenvalue weighted by atomic mass is 10.0. The Labute approximate surface area is 142 Å². The summed E-state index contributed by atoms with van der Waals surface area (Å²) < 4.78 is 6.18. The van der Waals surface area contributed by atoms with Crippen LogP contribution in [0.5, 0.6) is 0 Å². The smallest absolute Gasteiger partial charge is 0.181 e.